The van der Waals surface area contributed by atoms with Crippen molar-refractivity contribution in [1.82, 2.24) is 10.2 Å². The first-order chi connectivity index (χ1) is 10.1. The van der Waals surface area contributed by atoms with E-state index in [1.54, 1.807) is 0 Å². The van der Waals surface area contributed by atoms with E-state index in [-0.39, 0.29) is 0 Å². The van der Waals surface area contributed by atoms with Crippen molar-refractivity contribution in [2.75, 3.05) is 32.9 Å². The van der Waals surface area contributed by atoms with Crippen molar-refractivity contribution in [3.63, 3.8) is 0 Å². The summed E-state index contributed by atoms with van der Waals surface area (Å²) in [6.45, 7) is 4.62. The number of nitrogens with zero attached hydrogens (tertiary/aromatic N) is 1. The number of benzene rings is 1. The maximum absolute atomic E-state index is 3.71. The lowest BCUT2D eigenvalue weighted by Gasteiger charge is -2.45. The van der Waals surface area contributed by atoms with Crippen molar-refractivity contribution in [3.8, 4) is 0 Å². The van der Waals surface area contributed by atoms with Gasteiger partial charge < -0.3 is 10.2 Å². The van der Waals surface area contributed by atoms with Gasteiger partial charge in [0.25, 0.3) is 0 Å². The minimum Gasteiger partial charge on any atom is -0.314 e. The molecule has 0 spiro atoms. The summed E-state index contributed by atoms with van der Waals surface area (Å²) in [6.07, 6.45) is 5.45. The monoisotopic (exact) mass is 306 g/mol. The highest BCUT2D eigenvalue weighted by molar-refractivity contribution is 7.99. The predicted octanol–water partition coefficient (Wildman–Crippen LogP) is 3.88. The Morgan fingerprint density at radius 3 is 2.71 bits per heavy atom. The first-order valence-electron chi connectivity index (χ1n) is 8.18. The van der Waals surface area contributed by atoms with Gasteiger partial charge in [-0.05, 0) is 45.0 Å². The van der Waals surface area contributed by atoms with Crippen molar-refractivity contribution in [2.24, 2.45) is 5.92 Å². The SMILES string of the molecule is CC1CCCC(CNCCSc2ccccc2)(N(C)C)C1. The highest BCUT2D eigenvalue weighted by Crippen LogP contribution is 2.35. The molecule has 21 heavy (non-hydrogen) atoms. The number of likely N-dealkylation sites (N-methyl/N-ethyl adjacent to an activating group) is 1. The van der Waals surface area contributed by atoms with Crippen LogP contribution >= 0.6 is 11.8 Å². The van der Waals surface area contributed by atoms with Crippen molar-refractivity contribution in [1.29, 1.82) is 0 Å². The molecule has 1 aromatic carbocycles. The average molecular weight is 307 g/mol. The van der Waals surface area contributed by atoms with Crippen LogP contribution in [0, 0.1) is 5.92 Å². The molecule has 118 valence electrons. The molecule has 3 heteroatoms. The molecule has 0 saturated heterocycles. The van der Waals surface area contributed by atoms with Gasteiger partial charge in [0.2, 0.25) is 0 Å². The summed E-state index contributed by atoms with van der Waals surface area (Å²) < 4.78 is 0. The third kappa shape index (κ3) is 5.01. The number of nitrogens with one attached hydrogen (secondary N) is 1. The molecule has 0 bridgehead atoms. The summed E-state index contributed by atoms with van der Waals surface area (Å²) >= 11 is 1.94. The molecule has 0 amide bonds. The molecule has 0 radical (unpaired) electrons. The van der Waals surface area contributed by atoms with Gasteiger partial charge in [0, 0.05) is 29.3 Å². The minimum absolute atomic E-state index is 0.370. The zero-order valence-electron chi connectivity index (χ0n) is 13.8. The second-order valence-electron chi connectivity index (χ2n) is 6.66. The van der Waals surface area contributed by atoms with E-state index < -0.39 is 0 Å². The number of hydrogen-bond donors (Lipinski definition) is 1. The van der Waals surface area contributed by atoms with Gasteiger partial charge >= 0.3 is 0 Å². The van der Waals surface area contributed by atoms with Gasteiger partial charge in [0.15, 0.2) is 0 Å². The summed E-state index contributed by atoms with van der Waals surface area (Å²) in [5, 5.41) is 3.71. The van der Waals surface area contributed by atoms with E-state index in [2.05, 4.69) is 61.6 Å². The molecule has 1 aliphatic rings. The Labute approximate surface area is 134 Å². The van der Waals surface area contributed by atoms with Gasteiger partial charge in [-0.25, -0.2) is 0 Å². The van der Waals surface area contributed by atoms with Crippen LogP contribution in [0.25, 0.3) is 0 Å². The maximum Gasteiger partial charge on any atom is 0.0330 e. The third-order valence-corrected chi connectivity index (χ3v) is 5.77. The van der Waals surface area contributed by atoms with Gasteiger partial charge in [-0.15, -0.1) is 11.8 Å². The van der Waals surface area contributed by atoms with E-state index in [9.17, 15) is 0 Å². The highest BCUT2D eigenvalue weighted by Gasteiger charge is 2.36. The summed E-state index contributed by atoms with van der Waals surface area (Å²) in [7, 11) is 4.50. The Kier molecular flexibility index (Phi) is 6.59. The molecule has 0 aromatic heterocycles. The van der Waals surface area contributed by atoms with Crippen molar-refractivity contribution < 1.29 is 0 Å². The molecular weight excluding hydrogens is 276 g/mol. The quantitative estimate of drug-likeness (QED) is 0.608. The molecule has 2 nitrogen and oxygen atoms in total. The lowest BCUT2D eigenvalue weighted by molar-refractivity contribution is 0.0759. The van der Waals surface area contributed by atoms with E-state index in [0.29, 0.717) is 5.54 Å². The predicted molar refractivity (Wildman–Crippen MR) is 94.1 cm³/mol. The lowest BCUT2D eigenvalue weighted by atomic mass is 9.75. The number of thioether (sulfide) groups is 1. The smallest absolute Gasteiger partial charge is 0.0330 e. The lowest BCUT2D eigenvalue weighted by Crippen LogP contribution is -2.54. The average Bonchev–Trinajstić information content (AvgIpc) is 2.48. The Morgan fingerprint density at radius 2 is 2.05 bits per heavy atom. The second kappa shape index (κ2) is 8.21. The van der Waals surface area contributed by atoms with E-state index in [0.717, 1.165) is 24.8 Å². The van der Waals surface area contributed by atoms with Crippen LogP contribution in [-0.2, 0) is 0 Å². The standard InChI is InChI=1S/C18H30N2S/c1-16-8-7-11-18(14-16,20(2)3)15-19-12-13-21-17-9-5-4-6-10-17/h4-6,9-10,16,19H,7-8,11-15H2,1-3H3. The van der Waals surface area contributed by atoms with Crippen LogP contribution in [0.3, 0.4) is 0 Å². The van der Waals surface area contributed by atoms with Crippen LogP contribution in [0.15, 0.2) is 35.2 Å². The molecule has 1 fully saturated rings. The van der Waals surface area contributed by atoms with E-state index in [1.165, 1.54) is 30.6 Å². The van der Waals surface area contributed by atoms with Gasteiger partial charge in [-0.1, -0.05) is 38.0 Å². The van der Waals surface area contributed by atoms with Gasteiger partial charge in [0.1, 0.15) is 0 Å². The van der Waals surface area contributed by atoms with Gasteiger partial charge in [-0.3, -0.25) is 0 Å². The maximum atomic E-state index is 3.71. The first-order valence-corrected chi connectivity index (χ1v) is 9.17. The normalized spacial score (nSPS) is 26.2. The zero-order valence-corrected chi connectivity index (χ0v) is 14.6. The van der Waals surface area contributed by atoms with Gasteiger partial charge in [0.05, 0.1) is 0 Å². The molecule has 1 N–H and O–H groups in total. The molecule has 0 aliphatic heterocycles. The van der Waals surface area contributed by atoms with Crippen LogP contribution in [0.1, 0.15) is 32.6 Å². The van der Waals surface area contributed by atoms with Crippen molar-refractivity contribution >= 4 is 11.8 Å². The molecule has 2 rings (SSSR count). The van der Waals surface area contributed by atoms with Crippen LogP contribution < -0.4 is 5.32 Å². The van der Waals surface area contributed by atoms with Crippen LogP contribution in [-0.4, -0.2) is 43.4 Å². The molecule has 2 atom stereocenters. The summed E-state index contributed by atoms with van der Waals surface area (Å²) in [5.41, 5.74) is 0.370. The highest BCUT2D eigenvalue weighted by atomic mass is 32.2. The Bertz CT molecular complexity index is 407. The summed E-state index contributed by atoms with van der Waals surface area (Å²) in [6, 6.07) is 10.7. The minimum atomic E-state index is 0.370. The number of rotatable bonds is 7. The fourth-order valence-corrected chi connectivity index (χ4v) is 4.27. The van der Waals surface area contributed by atoms with Crippen LogP contribution in [0.2, 0.25) is 0 Å². The molecule has 2 unspecified atom stereocenters. The molecule has 1 aromatic rings. The summed E-state index contributed by atoms with van der Waals surface area (Å²) in [5.74, 6) is 2.00. The van der Waals surface area contributed by atoms with E-state index >= 15 is 0 Å². The zero-order chi connectivity index (χ0) is 15.1. The summed E-state index contributed by atoms with van der Waals surface area (Å²) in [4.78, 5) is 3.83. The van der Waals surface area contributed by atoms with Crippen LogP contribution in [0.5, 0.6) is 0 Å². The largest absolute Gasteiger partial charge is 0.314 e. The molecule has 1 aliphatic carbocycles. The topological polar surface area (TPSA) is 15.3 Å². The Morgan fingerprint density at radius 1 is 1.29 bits per heavy atom. The Hall–Kier alpha value is -0.510. The molecule has 0 heterocycles. The van der Waals surface area contributed by atoms with Crippen molar-refractivity contribution in [3.05, 3.63) is 30.3 Å². The van der Waals surface area contributed by atoms with Crippen LogP contribution in [0.4, 0.5) is 0 Å². The van der Waals surface area contributed by atoms with Crippen molar-refractivity contribution in [2.45, 2.75) is 43.0 Å². The second-order valence-corrected chi connectivity index (χ2v) is 7.83. The third-order valence-electron chi connectivity index (χ3n) is 4.76. The number of hydrogen-bond acceptors (Lipinski definition) is 3. The molecule has 1 saturated carbocycles. The fourth-order valence-electron chi connectivity index (χ4n) is 3.44. The van der Waals surface area contributed by atoms with E-state index in [4.69, 9.17) is 0 Å². The Balaban J connectivity index is 1.73. The van der Waals surface area contributed by atoms with E-state index in [1.807, 2.05) is 11.8 Å². The molecular formula is C18H30N2S. The van der Waals surface area contributed by atoms with Gasteiger partial charge in [-0.2, -0.15) is 0 Å². The fraction of sp³-hybridized carbons (Fsp3) is 0.667. The first kappa shape index (κ1) is 16.9.